The van der Waals surface area contributed by atoms with E-state index in [-0.39, 0.29) is 0 Å². The Bertz CT molecular complexity index is 2510. The van der Waals surface area contributed by atoms with E-state index in [9.17, 15) is 0 Å². The zero-order valence-corrected chi connectivity index (χ0v) is 24.3. The van der Waals surface area contributed by atoms with Crippen molar-refractivity contribution in [3.63, 3.8) is 0 Å². The van der Waals surface area contributed by atoms with Gasteiger partial charge in [0.15, 0.2) is 0 Å². The first kappa shape index (κ1) is 24.9. The number of fused-ring (bicyclic) bond motifs is 6. The molecule has 1 nitrogen and oxygen atoms in total. The van der Waals surface area contributed by atoms with Crippen LogP contribution < -0.4 is 0 Å². The third-order valence-electron chi connectivity index (χ3n) is 9.11. The van der Waals surface area contributed by atoms with Crippen LogP contribution in [0.3, 0.4) is 0 Å². The van der Waals surface area contributed by atoms with E-state index in [1.165, 1.54) is 65.7 Å². The van der Waals surface area contributed by atoms with Crippen molar-refractivity contribution in [3.05, 3.63) is 157 Å². The van der Waals surface area contributed by atoms with Gasteiger partial charge in [0.2, 0.25) is 0 Å². The highest BCUT2D eigenvalue weighted by Crippen LogP contribution is 2.47. The predicted octanol–water partition coefficient (Wildman–Crippen LogP) is 12.4. The van der Waals surface area contributed by atoms with E-state index in [1.54, 1.807) is 0 Å². The van der Waals surface area contributed by atoms with E-state index in [2.05, 4.69) is 153 Å². The molecule has 0 amide bonds. The fraction of sp³-hybridized carbons (Fsp3) is 0.0233. The Morgan fingerprint density at radius 2 is 0.955 bits per heavy atom. The van der Waals surface area contributed by atoms with Crippen LogP contribution in [0.15, 0.2) is 156 Å². The van der Waals surface area contributed by atoms with E-state index in [0.29, 0.717) is 0 Å². The first-order valence-electron chi connectivity index (χ1n) is 15.2. The van der Waals surface area contributed by atoms with E-state index in [4.69, 9.17) is 4.42 Å². The summed E-state index contributed by atoms with van der Waals surface area (Å²) in [5.41, 5.74) is 10.5. The zero-order chi connectivity index (χ0) is 29.2. The summed E-state index contributed by atoms with van der Waals surface area (Å²) < 4.78 is 6.56. The first-order chi connectivity index (χ1) is 21.7. The topological polar surface area (TPSA) is 13.1 Å². The number of aryl methyl sites for hydroxylation is 1. The maximum absolute atomic E-state index is 6.56. The van der Waals surface area contributed by atoms with Crippen LogP contribution in [0.25, 0.3) is 87.6 Å². The van der Waals surface area contributed by atoms with Crippen molar-refractivity contribution in [2.24, 2.45) is 0 Å². The van der Waals surface area contributed by atoms with Crippen molar-refractivity contribution < 1.29 is 4.42 Å². The van der Waals surface area contributed by atoms with Gasteiger partial charge in [0.1, 0.15) is 11.2 Å². The third kappa shape index (κ3) is 3.73. The van der Waals surface area contributed by atoms with E-state index in [1.807, 2.05) is 6.07 Å². The van der Waals surface area contributed by atoms with Crippen LogP contribution in [0.5, 0.6) is 0 Å². The highest BCUT2D eigenvalue weighted by atomic mass is 16.3. The van der Waals surface area contributed by atoms with Crippen molar-refractivity contribution >= 4 is 54.3 Å². The molecule has 0 saturated heterocycles. The van der Waals surface area contributed by atoms with Gasteiger partial charge in [0.05, 0.1) is 0 Å². The van der Waals surface area contributed by atoms with Crippen LogP contribution >= 0.6 is 0 Å². The van der Waals surface area contributed by atoms with Crippen molar-refractivity contribution in [2.45, 2.75) is 6.92 Å². The van der Waals surface area contributed by atoms with E-state index >= 15 is 0 Å². The zero-order valence-electron chi connectivity index (χ0n) is 24.3. The highest BCUT2D eigenvalue weighted by molar-refractivity contribution is 6.25. The van der Waals surface area contributed by atoms with Crippen LogP contribution in [-0.4, -0.2) is 0 Å². The van der Waals surface area contributed by atoms with Gasteiger partial charge < -0.3 is 4.42 Å². The Morgan fingerprint density at radius 1 is 0.386 bits per heavy atom. The van der Waals surface area contributed by atoms with Crippen LogP contribution in [0.1, 0.15) is 5.56 Å². The number of hydrogen-bond donors (Lipinski definition) is 0. The van der Waals surface area contributed by atoms with E-state index < -0.39 is 0 Å². The lowest BCUT2D eigenvalue weighted by molar-refractivity contribution is 0.670. The Kier molecular flexibility index (Phi) is 5.48. The molecule has 0 saturated carbocycles. The molecule has 9 rings (SSSR count). The molecule has 1 heteroatoms. The average molecular weight is 561 g/mol. The highest BCUT2D eigenvalue weighted by Gasteiger charge is 2.20. The lowest BCUT2D eigenvalue weighted by atomic mass is 9.84. The maximum Gasteiger partial charge on any atom is 0.143 e. The van der Waals surface area contributed by atoms with Crippen LogP contribution in [0, 0.1) is 6.92 Å². The maximum atomic E-state index is 6.56. The van der Waals surface area contributed by atoms with Crippen molar-refractivity contribution in [1.29, 1.82) is 0 Å². The minimum absolute atomic E-state index is 0.918. The molecule has 0 unspecified atom stereocenters. The van der Waals surface area contributed by atoms with Crippen LogP contribution in [0.4, 0.5) is 0 Å². The van der Waals surface area contributed by atoms with Gasteiger partial charge in [-0.15, -0.1) is 0 Å². The largest absolute Gasteiger partial charge is 0.455 e. The molecule has 0 fully saturated rings. The molecule has 0 aliphatic rings. The molecule has 0 atom stereocenters. The summed E-state index contributed by atoms with van der Waals surface area (Å²) in [6.07, 6.45) is 0. The van der Waals surface area contributed by atoms with Crippen LogP contribution in [0.2, 0.25) is 0 Å². The van der Waals surface area contributed by atoms with Gasteiger partial charge in [-0.25, -0.2) is 0 Å². The lowest BCUT2D eigenvalue weighted by Crippen LogP contribution is -1.92. The molecule has 0 aliphatic carbocycles. The minimum atomic E-state index is 0.918. The fourth-order valence-corrected chi connectivity index (χ4v) is 7.16. The Hall–Kier alpha value is -5.66. The molecule has 1 heterocycles. The Morgan fingerprint density at radius 3 is 1.68 bits per heavy atom. The van der Waals surface area contributed by atoms with Crippen molar-refractivity contribution in [3.8, 4) is 33.4 Å². The second-order valence-corrected chi connectivity index (χ2v) is 11.7. The number of benzene rings is 8. The average Bonchev–Trinajstić information content (AvgIpc) is 3.46. The molecule has 9 aromatic rings. The smallest absolute Gasteiger partial charge is 0.143 e. The summed E-state index contributed by atoms with van der Waals surface area (Å²) in [5.74, 6) is 0. The summed E-state index contributed by atoms with van der Waals surface area (Å²) in [4.78, 5) is 0. The van der Waals surface area contributed by atoms with E-state index in [0.717, 1.165) is 27.5 Å². The van der Waals surface area contributed by atoms with Gasteiger partial charge in [-0.2, -0.15) is 0 Å². The van der Waals surface area contributed by atoms with Crippen molar-refractivity contribution in [1.82, 2.24) is 0 Å². The van der Waals surface area contributed by atoms with Gasteiger partial charge in [-0.3, -0.25) is 0 Å². The Balaban J connectivity index is 1.36. The molecule has 0 N–H and O–H groups in total. The summed E-state index contributed by atoms with van der Waals surface area (Å²) >= 11 is 0. The van der Waals surface area contributed by atoms with Gasteiger partial charge in [0, 0.05) is 21.9 Å². The SMILES string of the molecule is Cc1cccc(-c2ccc3c(-c4c5ccccc5c(-c5cccc6c5oc5ccccc56)c5ccccc45)cccc3c2)c1. The molecule has 44 heavy (non-hydrogen) atoms. The minimum Gasteiger partial charge on any atom is -0.455 e. The summed E-state index contributed by atoms with van der Waals surface area (Å²) in [6, 6.07) is 54.9. The normalized spacial score (nSPS) is 11.8. The quantitative estimate of drug-likeness (QED) is 0.196. The fourth-order valence-electron chi connectivity index (χ4n) is 7.16. The third-order valence-corrected chi connectivity index (χ3v) is 9.11. The molecule has 0 radical (unpaired) electrons. The Labute approximate surface area is 255 Å². The standard InChI is InChI=1S/C43H28O/c1-27-11-8-12-28(25-27)29-23-24-31-30(26-29)13-9-19-33(31)41-34-15-2-4-17-36(34)42(37-18-5-3-16-35(37)41)39-21-10-20-38-32-14-6-7-22-40(32)44-43(38)39/h2-26H,1H3. The predicted molar refractivity (Wildman–Crippen MR) is 187 cm³/mol. The molecule has 1 aromatic heterocycles. The second kappa shape index (κ2) is 9.69. The lowest BCUT2D eigenvalue weighted by Gasteiger charge is -2.19. The summed E-state index contributed by atoms with van der Waals surface area (Å²) in [5, 5.41) is 9.72. The molecule has 0 bridgehead atoms. The molecule has 8 aromatic carbocycles. The number of para-hydroxylation sites is 2. The van der Waals surface area contributed by atoms with Gasteiger partial charge in [0.25, 0.3) is 0 Å². The molecule has 206 valence electrons. The molecular weight excluding hydrogens is 532 g/mol. The monoisotopic (exact) mass is 560 g/mol. The second-order valence-electron chi connectivity index (χ2n) is 11.7. The van der Waals surface area contributed by atoms with Crippen LogP contribution in [-0.2, 0) is 0 Å². The van der Waals surface area contributed by atoms with Crippen molar-refractivity contribution in [2.75, 3.05) is 0 Å². The number of rotatable bonds is 3. The molecular formula is C43H28O. The first-order valence-corrected chi connectivity index (χ1v) is 15.2. The molecule has 0 aliphatic heterocycles. The summed E-state index contributed by atoms with van der Waals surface area (Å²) in [7, 11) is 0. The summed E-state index contributed by atoms with van der Waals surface area (Å²) in [6.45, 7) is 2.15. The number of furan rings is 1. The van der Waals surface area contributed by atoms with Gasteiger partial charge in [-0.05, 0) is 73.6 Å². The molecule has 0 spiro atoms. The van der Waals surface area contributed by atoms with Gasteiger partial charge >= 0.3 is 0 Å². The van der Waals surface area contributed by atoms with Gasteiger partial charge in [-0.1, -0.05) is 145 Å². The number of hydrogen-bond acceptors (Lipinski definition) is 1.